The summed E-state index contributed by atoms with van der Waals surface area (Å²) in [6.45, 7) is 0. The minimum atomic E-state index is -0.329. The van der Waals surface area contributed by atoms with Crippen LogP contribution in [0.1, 0.15) is 10.4 Å². The van der Waals surface area contributed by atoms with Crippen LogP contribution in [-0.2, 0) is 0 Å². The Morgan fingerprint density at radius 3 is 2.20 bits per heavy atom. The second kappa shape index (κ2) is 2.95. The van der Waals surface area contributed by atoms with Crippen molar-refractivity contribution in [1.82, 2.24) is 0 Å². The Balaban J connectivity index is 3.00. The fourth-order valence-electron chi connectivity index (χ4n) is 0.586. The first kappa shape index (κ1) is 7.45. The standard InChI is InChI=1S/C7H4FOSe/c8-6-3-1-5(2-4-6)7(9)10/h1-4H. The third-order valence-corrected chi connectivity index (χ3v) is 1.57. The molecule has 0 aliphatic rings. The minimum absolute atomic E-state index is 0.167. The van der Waals surface area contributed by atoms with Gasteiger partial charge in [0.05, 0.1) is 0 Å². The summed E-state index contributed by atoms with van der Waals surface area (Å²) in [5.74, 6) is -0.329. The summed E-state index contributed by atoms with van der Waals surface area (Å²) < 4.78 is 12.1. The maximum absolute atomic E-state index is 12.2. The fraction of sp³-hybridized carbons (Fsp3) is 0. The van der Waals surface area contributed by atoms with E-state index in [0.717, 1.165) is 0 Å². The summed E-state index contributed by atoms with van der Waals surface area (Å²) >= 11 is 2.31. The van der Waals surface area contributed by atoms with Crippen LogP contribution in [0.15, 0.2) is 24.3 Å². The zero-order chi connectivity index (χ0) is 7.56. The molecule has 1 aromatic carbocycles. The summed E-state index contributed by atoms with van der Waals surface area (Å²) in [7, 11) is 0. The van der Waals surface area contributed by atoms with Gasteiger partial charge in [0.1, 0.15) is 0 Å². The van der Waals surface area contributed by atoms with Crippen LogP contribution < -0.4 is 0 Å². The second-order valence-electron chi connectivity index (χ2n) is 1.79. The molecule has 10 heavy (non-hydrogen) atoms. The molecular formula is C7H4FOSe. The van der Waals surface area contributed by atoms with Crippen molar-refractivity contribution < 1.29 is 9.18 Å². The van der Waals surface area contributed by atoms with Crippen molar-refractivity contribution in [1.29, 1.82) is 0 Å². The number of hydrogen-bond donors (Lipinski definition) is 0. The zero-order valence-electron chi connectivity index (χ0n) is 5.00. The van der Waals surface area contributed by atoms with Crippen molar-refractivity contribution in [2.75, 3.05) is 0 Å². The Morgan fingerprint density at radius 1 is 1.30 bits per heavy atom. The number of carbonyl (C=O) groups is 1. The van der Waals surface area contributed by atoms with Crippen LogP contribution in [0.25, 0.3) is 0 Å². The number of hydrogen-bond acceptors (Lipinski definition) is 1. The molecule has 0 aliphatic carbocycles. The quantitative estimate of drug-likeness (QED) is 0.624. The van der Waals surface area contributed by atoms with Crippen molar-refractivity contribution in [3.8, 4) is 0 Å². The summed E-state index contributed by atoms with van der Waals surface area (Å²) in [5.41, 5.74) is 0.487. The van der Waals surface area contributed by atoms with E-state index in [2.05, 4.69) is 16.0 Å². The third-order valence-electron chi connectivity index (χ3n) is 1.08. The van der Waals surface area contributed by atoms with E-state index in [1.54, 1.807) is 0 Å². The van der Waals surface area contributed by atoms with Crippen LogP contribution in [0.3, 0.4) is 0 Å². The van der Waals surface area contributed by atoms with Gasteiger partial charge in [0, 0.05) is 0 Å². The van der Waals surface area contributed by atoms with Crippen LogP contribution in [0, 0.1) is 5.82 Å². The van der Waals surface area contributed by atoms with Crippen molar-refractivity contribution in [2.45, 2.75) is 0 Å². The van der Waals surface area contributed by atoms with E-state index in [-0.39, 0.29) is 10.5 Å². The molecule has 0 fully saturated rings. The van der Waals surface area contributed by atoms with Gasteiger partial charge in [-0.1, -0.05) is 0 Å². The van der Waals surface area contributed by atoms with Crippen molar-refractivity contribution >= 4 is 20.7 Å². The molecule has 3 heteroatoms. The Hall–Kier alpha value is -0.661. The number of halogens is 1. The molecule has 0 heterocycles. The molecule has 1 radical (unpaired) electrons. The molecule has 1 rings (SSSR count). The summed E-state index contributed by atoms with van der Waals surface area (Å²) in [4.78, 5) is 10.6. The molecule has 0 unspecified atom stereocenters. The summed E-state index contributed by atoms with van der Waals surface area (Å²) in [6, 6.07) is 5.39. The molecular weight excluding hydrogens is 198 g/mol. The second-order valence-corrected chi connectivity index (χ2v) is 2.57. The summed E-state index contributed by atoms with van der Waals surface area (Å²) in [6.07, 6.45) is 0. The van der Waals surface area contributed by atoms with E-state index in [1.165, 1.54) is 24.3 Å². The van der Waals surface area contributed by atoms with Crippen LogP contribution in [0.5, 0.6) is 0 Å². The normalized spacial score (nSPS) is 9.30. The zero-order valence-corrected chi connectivity index (χ0v) is 6.72. The van der Waals surface area contributed by atoms with Gasteiger partial charge in [0.2, 0.25) is 0 Å². The predicted octanol–water partition coefficient (Wildman–Crippen LogP) is 1.13. The van der Waals surface area contributed by atoms with Crippen LogP contribution in [0.4, 0.5) is 4.39 Å². The van der Waals surface area contributed by atoms with Crippen LogP contribution in [-0.4, -0.2) is 20.7 Å². The van der Waals surface area contributed by atoms with Gasteiger partial charge >= 0.3 is 65.5 Å². The molecule has 0 spiro atoms. The first-order valence-electron chi connectivity index (χ1n) is 2.67. The van der Waals surface area contributed by atoms with Crippen molar-refractivity contribution in [3.63, 3.8) is 0 Å². The molecule has 1 aromatic rings. The molecule has 0 amide bonds. The third kappa shape index (κ3) is 1.66. The molecule has 1 nitrogen and oxygen atoms in total. The van der Waals surface area contributed by atoms with Crippen molar-refractivity contribution in [3.05, 3.63) is 35.6 Å². The first-order valence-corrected chi connectivity index (χ1v) is 3.53. The van der Waals surface area contributed by atoms with E-state index in [0.29, 0.717) is 5.56 Å². The van der Waals surface area contributed by atoms with E-state index in [1.807, 2.05) is 0 Å². The Bertz CT molecular complexity index is 242. The van der Waals surface area contributed by atoms with Crippen LogP contribution >= 0.6 is 0 Å². The Labute approximate surface area is 66.1 Å². The topological polar surface area (TPSA) is 17.1 Å². The Kier molecular flexibility index (Phi) is 2.20. The van der Waals surface area contributed by atoms with E-state index in [9.17, 15) is 9.18 Å². The fourth-order valence-corrected chi connectivity index (χ4v) is 0.871. The van der Waals surface area contributed by atoms with Crippen LogP contribution in [0.2, 0.25) is 0 Å². The maximum atomic E-state index is 12.2. The van der Waals surface area contributed by atoms with Crippen molar-refractivity contribution in [2.24, 2.45) is 0 Å². The van der Waals surface area contributed by atoms with E-state index >= 15 is 0 Å². The molecule has 0 aliphatic heterocycles. The van der Waals surface area contributed by atoms with Gasteiger partial charge < -0.3 is 0 Å². The number of carbonyl (C=O) groups excluding carboxylic acids is 1. The predicted molar refractivity (Wildman–Crippen MR) is 36.5 cm³/mol. The molecule has 0 aromatic heterocycles. The monoisotopic (exact) mass is 203 g/mol. The number of rotatable bonds is 1. The SMILES string of the molecule is O=C([Se])c1ccc(F)cc1. The molecule has 0 saturated carbocycles. The van der Waals surface area contributed by atoms with E-state index < -0.39 is 0 Å². The summed E-state index contributed by atoms with van der Waals surface area (Å²) in [5, 5.41) is 0. The van der Waals surface area contributed by atoms with Gasteiger partial charge in [-0.2, -0.15) is 0 Å². The molecule has 0 atom stereocenters. The van der Waals surface area contributed by atoms with Gasteiger partial charge in [-0.05, 0) is 0 Å². The number of benzene rings is 1. The average Bonchev–Trinajstić information content (AvgIpc) is 1.88. The molecule has 0 bridgehead atoms. The molecule has 51 valence electrons. The Morgan fingerprint density at radius 2 is 1.80 bits per heavy atom. The van der Waals surface area contributed by atoms with E-state index in [4.69, 9.17) is 0 Å². The molecule has 0 saturated heterocycles. The van der Waals surface area contributed by atoms with Gasteiger partial charge in [-0.3, -0.25) is 0 Å². The first-order chi connectivity index (χ1) is 4.70. The van der Waals surface area contributed by atoms with Gasteiger partial charge in [-0.25, -0.2) is 0 Å². The van der Waals surface area contributed by atoms with Gasteiger partial charge in [0.25, 0.3) is 0 Å². The average molecular weight is 202 g/mol. The molecule has 0 N–H and O–H groups in total. The van der Waals surface area contributed by atoms with Gasteiger partial charge in [0.15, 0.2) is 0 Å². The van der Waals surface area contributed by atoms with Gasteiger partial charge in [-0.15, -0.1) is 0 Å².